The summed E-state index contributed by atoms with van der Waals surface area (Å²) in [6.07, 6.45) is 1.62. The van der Waals surface area contributed by atoms with Gasteiger partial charge in [-0.1, -0.05) is 23.2 Å². The fourth-order valence-corrected chi connectivity index (χ4v) is 2.09. The Kier molecular flexibility index (Phi) is 5.30. The number of aromatic nitrogens is 1. The Bertz CT molecular complexity index is 695. The predicted molar refractivity (Wildman–Crippen MR) is 85.9 cm³/mol. The van der Waals surface area contributed by atoms with Crippen LogP contribution in [0.1, 0.15) is 11.3 Å². The maximum absolute atomic E-state index is 10.7. The summed E-state index contributed by atoms with van der Waals surface area (Å²) in [5, 5.41) is 3.00. The lowest BCUT2D eigenvalue weighted by Crippen LogP contribution is -2.29. The van der Waals surface area contributed by atoms with E-state index in [0.717, 1.165) is 5.56 Å². The smallest absolute Gasteiger partial charge is 0.312 e. The van der Waals surface area contributed by atoms with Crippen molar-refractivity contribution in [3.05, 3.63) is 51.8 Å². The molecule has 8 heteroatoms. The molecule has 1 aromatic heterocycles. The topological polar surface area (TPSA) is 103 Å². The third-order valence-electron chi connectivity index (χ3n) is 2.80. The molecule has 0 aliphatic rings. The summed E-state index contributed by atoms with van der Waals surface area (Å²) >= 11 is 12.0. The van der Waals surface area contributed by atoms with Crippen LogP contribution in [-0.4, -0.2) is 11.0 Å². The molecule has 6 nitrogen and oxygen atoms in total. The Morgan fingerprint density at radius 1 is 1.27 bits per heavy atom. The molecule has 0 spiro atoms. The Morgan fingerprint density at radius 2 is 2.05 bits per heavy atom. The van der Waals surface area contributed by atoms with Crippen molar-refractivity contribution in [2.24, 2.45) is 5.73 Å². The lowest BCUT2D eigenvalue weighted by atomic mass is 10.2. The molecule has 0 fully saturated rings. The molecule has 2 aromatic rings. The number of nitrogen functional groups attached to an aromatic ring is 1. The summed E-state index contributed by atoms with van der Waals surface area (Å²) < 4.78 is 5.63. The number of hydrogen-bond acceptors (Lipinski definition) is 4. The van der Waals surface area contributed by atoms with E-state index < -0.39 is 6.03 Å². The molecule has 0 radical (unpaired) electrons. The standard InChI is InChI=1S/C14H14Cl2N4O2/c15-12-10(17)1-2-11(13(12)16)22-7-8-3-4-19-9(5-8)6-20-14(18)21/h1-5H,6-7,17H2,(H3,18,20,21). The normalized spacial score (nSPS) is 10.3. The first kappa shape index (κ1) is 16.2. The summed E-state index contributed by atoms with van der Waals surface area (Å²) in [4.78, 5) is 14.8. The van der Waals surface area contributed by atoms with Crippen LogP contribution in [0.15, 0.2) is 30.5 Å². The summed E-state index contributed by atoms with van der Waals surface area (Å²) in [7, 11) is 0. The SMILES string of the molecule is NC(=O)NCc1cc(COc2ccc(N)c(Cl)c2Cl)ccn1. The fraction of sp³-hybridized carbons (Fsp3) is 0.143. The van der Waals surface area contributed by atoms with Crippen molar-refractivity contribution in [3.63, 3.8) is 0 Å². The Labute approximate surface area is 137 Å². The number of primary amides is 1. The Hall–Kier alpha value is -2.18. The number of anilines is 1. The van der Waals surface area contributed by atoms with Gasteiger partial charge in [0.1, 0.15) is 17.4 Å². The van der Waals surface area contributed by atoms with Gasteiger partial charge in [0.25, 0.3) is 0 Å². The van der Waals surface area contributed by atoms with Gasteiger partial charge in [-0.2, -0.15) is 0 Å². The number of nitrogens with two attached hydrogens (primary N) is 2. The average Bonchev–Trinajstić information content (AvgIpc) is 2.50. The molecule has 0 atom stereocenters. The van der Waals surface area contributed by atoms with Crippen molar-refractivity contribution in [2.45, 2.75) is 13.2 Å². The number of nitrogens with one attached hydrogen (secondary N) is 1. The first-order chi connectivity index (χ1) is 10.5. The van der Waals surface area contributed by atoms with Crippen LogP contribution in [0.25, 0.3) is 0 Å². The number of amides is 2. The zero-order chi connectivity index (χ0) is 16.1. The largest absolute Gasteiger partial charge is 0.487 e. The first-order valence-electron chi connectivity index (χ1n) is 6.30. The number of rotatable bonds is 5. The van der Waals surface area contributed by atoms with Crippen molar-refractivity contribution >= 4 is 34.9 Å². The van der Waals surface area contributed by atoms with E-state index in [1.165, 1.54) is 0 Å². The Morgan fingerprint density at radius 3 is 2.77 bits per heavy atom. The second-order valence-corrected chi connectivity index (χ2v) is 5.20. The zero-order valence-electron chi connectivity index (χ0n) is 11.5. The number of benzene rings is 1. The summed E-state index contributed by atoms with van der Waals surface area (Å²) in [5.74, 6) is 0.439. The number of ether oxygens (including phenoxy) is 1. The molecule has 2 amide bonds. The van der Waals surface area contributed by atoms with Gasteiger partial charge >= 0.3 is 6.03 Å². The van der Waals surface area contributed by atoms with Gasteiger partial charge in [-0.3, -0.25) is 4.98 Å². The molecular formula is C14H14Cl2N4O2. The second kappa shape index (κ2) is 7.20. The highest BCUT2D eigenvalue weighted by Gasteiger charge is 2.09. The van der Waals surface area contributed by atoms with Crippen LogP contribution in [-0.2, 0) is 13.2 Å². The summed E-state index contributed by atoms with van der Waals surface area (Å²) in [5.41, 5.74) is 12.6. The third-order valence-corrected chi connectivity index (χ3v) is 3.67. The van der Waals surface area contributed by atoms with Crippen LogP contribution in [0.2, 0.25) is 10.0 Å². The number of pyridine rings is 1. The average molecular weight is 341 g/mol. The van der Waals surface area contributed by atoms with Gasteiger partial charge in [-0.25, -0.2) is 4.79 Å². The quantitative estimate of drug-likeness (QED) is 0.728. The zero-order valence-corrected chi connectivity index (χ0v) is 13.0. The molecule has 0 aliphatic carbocycles. The van der Waals surface area contributed by atoms with Crippen LogP contribution in [0.3, 0.4) is 0 Å². The minimum Gasteiger partial charge on any atom is -0.487 e. The van der Waals surface area contributed by atoms with E-state index in [1.54, 1.807) is 30.5 Å². The van der Waals surface area contributed by atoms with E-state index >= 15 is 0 Å². The maximum atomic E-state index is 10.7. The minimum absolute atomic E-state index is 0.248. The van der Waals surface area contributed by atoms with E-state index in [0.29, 0.717) is 17.1 Å². The molecule has 0 aliphatic heterocycles. The van der Waals surface area contributed by atoms with Crippen LogP contribution in [0.5, 0.6) is 5.75 Å². The summed E-state index contributed by atoms with van der Waals surface area (Å²) in [6.45, 7) is 0.518. The molecule has 2 rings (SSSR count). The minimum atomic E-state index is -0.605. The van der Waals surface area contributed by atoms with E-state index in [9.17, 15) is 4.79 Å². The number of carbonyl (C=O) groups is 1. The molecule has 116 valence electrons. The van der Waals surface area contributed by atoms with Crippen LogP contribution < -0.4 is 21.5 Å². The molecule has 0 unspecified atom stereocenters. The number of urea groups is 1. The molecule has 5 N–H and O–H groups in total. The number of carbonyl (C=O) groups excluding carboxylic acids is 1. The maximum Gasteiger partial charge on any atom is 0.312 e. The lowest BCUT2D eigenvalue weighted by molar-refractivity contribution is 0.248. The highest BCUT2D eigenvalue weighted by molar-refractivity contribution is 6.44. The second-order valence-electron chi connectivity index (χ2n) is 4.44. The van der Waals surface area contributed by atoms with Crippen molar-refractivity contribution < 1.29 is 9.53 Å². The van der Waals surface area contributed by atoms with Crippen LogP contribution in [0.4, 0.5) is 10.5 Å². The monoisotopic (exact) mass is 340 g/mol. The third kappa shape index (κ3) is 4.16. The summed E-state index contributed by atoms with van der Waals surface area (Å²) in [6, 6.07) is 6.26. The van der Waals surface area contributed by atoms with Crippen molar-refractivity contribution in [2.75, 3.05) is 5.73 Å². The van der Waals surface area contributed by atoms with Crippen molar-refractivity contribution in [1.82, 2.24) is 10.3 Å². The van der Waals surface area contributed by atoms with Crippen molar-refractivity contribution in [3.8, 4) is 5.75 Å². The lowest BCUT2D eigenvalue weighted by Gasteiger charge is -2.11. The molecular weight excluding hydrogens is 327 g/mol. The van der Waals surface area contributed by atoms with Gasteiger partial charge in [0.15, 0.2) is 0 Å². The van der Waals surface area contributed by atoms with Gasteiger partial charge in [-0.15, -0.1) is 0 Å². The van der Waals surface area contributed by atoms with Crippen LogP contribution >= 0.6 is 23.2 Å². The van der Waals surface area contributed by atoms with Gasteiger partial charge in [0, 0.05) is 6.20 Å². The van der Waals surface area contributed by atoms with Crippen molar-refractivity contribution in [1.29, 1.82) is 0 Å². The highest BCUT2D eigenvalue weighted by atomic mass is 35.5. The molecule has 0 saturated carbocycles. The van der Waals surface area contributed by atoms with Gasteiger partial charge in [0.05, 0.1) is 22.9 Å². The molecule has 1 aromatic carbocycles. The number of hydrogen-bond donors (Lipinski definition) is 3. The van der Waals surface area contributed by atoms with Crippen LogP contribution in [0, 0.1) is 0 Å². The molecule has 22 heavy (non-hydrogen) atoms. The van der Waals surface area contributed by atoms with Gasteiger partial charge in [-0.05, 0) is 29.8 Å². The van der Waals surface area contributed by atoms with E-state index in [2.05, 4.69) is 10.3 Å². The molecule has 1 heterocycles. The predicted octanol–water partition coefficient (Wildman–Crippen LogP) is 2.72. The molecule has 0 bridgehead atoms. The van der Waals surface area contributed by atoms with E-state index in [1.807, 2.05) is 0 Å². The number of nitrogens with zero attached hydrogens (tertiary/aromatic N) is 1. The molecule has 0 saturated heterocycles. The Balaban J connectivity index is 2.04. The van der Waals surface area contributed by atoms with E-state index in [4.69, 9.17) is 39.4 Å². The number of halogens is 2. The first-order valence-corrected chi connectivity index (χ1v) is 7.06. The van der Waals surface area contributed by atoms with E-state index in [-0.39, 0.29) is 23.2 Å². The highest BCUT2D eigenvalue weighted by Crippen LogP contribution is 2.36. The van der Waals surface area contributed by atoms with Gasteiger partial charge < -0.3 is 21.5 Å². The van der Waals surface area contributed by atoms with Gasteiger partial charge in [0.2, 0.25) is 0 Å². The fourth-order valence-electron chi connectivity index (χ4n) is 1.71.